The molecule has 0 N–H and O–H groups in total. The zero-order chi connectivity index (χ0) is 21.3. The van der Waals surface area contributed by atoms with Crippen molar-refractivity contribution in [2.45, 2.75) is 31.9 Å². The zero-order valence-electron chi connectivity index (χ0n) is 16.6. The Morgan fingerprint density at radius 1 is 1.20 bits per heavy atom. The van der Waals surface area contributed by atoms with Gasteiger partial charge < -0.3 is 9.32 Å². The lowest BCUT2D eigenvalue weighted by Gasteiger charge is -2.29. The first-order valence-electron chi connectivity index (χ1n) is 9.53. The molecule has 1 aliphatic heterocycles. The number of anilines is 1. The second-order valence-corrected chi connectivity index (χ2v) is 8.18. The van der Waals surface area contributed by atoms with E-state index in [0.717, 1.165) is 40.8 Å². The van der Waals surface area contributed by atoms with Gasteiger partial charge in [0.1, 0.15) is 0 Å². The van der Waals surface area contributed by atoms with Gasteiger partial charge in [0.05, 0.1) is 10.7 Å². The van der Waals surface area contributed by atoms with E-state index < -0.39 is 4.92 Å². The summed E-state index contributed by atoms with van der Waals surface area (Å²) in [6.07, 6.45) is 1.48. The number of fused-ring (bicyclic) bond motifs is 1. The van der Waals surface area contributed by atoms with Crippen LogP contribution < -0.4 is 4.90 Å². The Morgan fingerprint density at radius 2 is 1.97 bits per heavy atom. The van der Waals surface area contributed by atoms with E-state index in [4.69, 9.17) is 4.42 Å². The summed E-state index contributed by atoms with van der Waals surface area (Å²) in [4.78, 5) is 25.1. The number of non-ortho nitro benzene ring substituents is 1. The summed E-state index contributed by atoms with van der Waals surface area (Å²) >= 11 is 1.19. The van der Waals surface area contributed by atoms with Crippen molar-refractivity contribution in [3.63, 3.8) is 0 Å². The highest BCUT2D eigenvalue weighted by Crippen LogP contribution is 2.32. The number of thioether (sulfide) groups is 1. The minimum atomic E-state index is -0.417. The van der Waals surface area contributed by atoms with Crippen LogP contribution in [0, 0.1) is 24.0 Å². The molecule has 0 bridgehead atoms. The van der Waals surface area contributed by atoms with E-state index in [2.05, 4.69) is 16.3 Å². The molecule has 154 valence electrons. The molecule has 8 nitrogen and oxygen atoms in total. The normalized spacial score (nSPS) is 13.2. The van der Waals surface area contributed by atoms with Crippen LogP contribution in [0.1, 0.15) is 23.1 Å². The summed E-state index contributed by atoms with van der Waals surface area (Å²) in [7, 11) is 0. The SMILES string of the molecule is Cc1cc(C)cc(-c2nnc(SCC(=O)N3CCCc4cc([N+](=O)[O-])ccc43)o2)c1. The molecule has 3 aromatic rings. The number of nitro groups is 1. The zero-order valence-corrected chi connectivity index (χ0v) is 17.4. The van der Waals surface area contributed by atoms with E-state index in [-0.39, 0.29) is 17.3 Å². The fraction of sp³-hybridized carbons (Fsp3) is 0.286. The van der Waals surface area contributed by atoms with Crippen molar-refractivity contribution in [2.24, 2.45) is 0 Å². The Balaban J connectivity index is 1.45. The number of carbonyl (C=O) groups excluding carboxylic acids is 1. The molecule has 1 aromatic heterocycles. The predicted octanol–water partition coefficient (Wildman–Crippen LogP) is 4.33. The maximum Gasteiger partial charge on any atom is 0.277 e. The lowest BCUT2D eigenvalue weighted by molar-refractivity contribution is -0.384. The smallest absolute Gasteiger partial charge is 0.277 e. The molecule has 1 amide bonds. The van der Waals surface area contributed by atoms with E-state index in [1.54, 1.807) is 17.0 Å². The number of nitro benzene ring substituents is 1. The lowest BCUT2D eigenvalue weighted by atomic mass is 10.0. The van der Waals surface area contributed by atoms with Crippen molar-refractivity contribution in [2.75, 3.05) is 17.2 Å². The molecule has 0 radical (unpaired) electrons. The molecule has 0 saturated heterocycles. The molecule has 0 spiro atoms. The van der Waals surface area contributed by atoms with Crippen LogP contribution in [-0.4, -0.2) is 33.3 Å². The summed E-state index contributed by atoms with van der Waals surface area (Å²) in [6, 6.07) is 10.7. The van der Waals surface area contributed by atoms with E-state index in [1.165, 1.54) is 17.8 Å². The number of hydrogen-bond donors (Lipinski definition) is 0. The predicted molar refractivity (Wildman–Crippen MR) is 114 cm³/mol. The van der Waals surface area contributed by atoms with Crippen LogP contribution >= 0.6 is 11.8 Å². The number of nitrogens with zero attached hydrogens (tertiary/aromatic N) is 4. The summed E-state index contributed by atoms with van der Waals surface area (Å²) in [5, 5.41) is 19.5. The molecule has 0 unspecified atom stereocenters. The van der Waals surface area contributed by atoms with Crippen LogP contribution in [0.25, 0.3) is 11.5 Å². The molecule has 0 saturated carbocycles. The van der Waals surface area contributed by atoms with Crippen LogP contribution in [0.3, 0.4) is 0 Å². The first-order chi connectivity index (χ1) is 14.4. The van der Waals surface area contributed by atoms with Gasteiger partial charge in [0.25, 0.3) is 10.9 Å². The fourth-order valence-corrected chi connectivity index (χ4v) is 4.28. The van der Waals surface area contributed by atoms with Gasteiger partial charge in [-0.15, -0.1) is 10.2 Å². The maximum atomic E-state index is 12.8. The van der Waals surface area contributed by atoms with E-state index in [1.807, 2.05) is 26.0 Å². The van der Waals surface area contributed by atoms with E-state index >= 15 is 0 Å². The molecule has 2 aromatic carbocycles. The Morgan fingerprint density at radius 3 is 2.70 bits per heavy atom. The maximum absolute atomic E-state index is 12.8. The van der Waals surface area contributed by atoms with Gasteiger partial charge in [-0.25, -0.2) is 0 Å². The summed E-state index contributed by atoms with van der Waals surface area (Å²) < 4.78 is 5.72. The van der Waals surface area contributed by atoms with Crippen LogP contribution in [0.4, 0.5) is 11.4 Å². The minimum absolute atomic E-state index is 0.0437. The fourth-order valence-electron chi connectivity index (χ4n) is 3.64. The second-order valence-electron chi connectivity index (χ2n) is 7.26. The molecule has 1 aliphatic rings. The van der Waals surface area contributed by atoms with Crippen molar-refractivity contribution in [3.05, 3.63) is 63.2 Å². The van der Waals surface area contributed by atoms with Gasteiger partial charge in [0.15, 0.2) is 0 Å². The summed E-state index contributed by atoms with van der Waals surface area (Å²) in [6.45, 7) is 4.60. The number of benzene rings is 2. The van der Waals surface area contributed by atoms with Crippen LogP contribution in [0.5, 0.6) is 0 Å². The number of aromatic nitrogens is 2. The Hall–Kier alpha value is -3.20. The van der Waals surface area contributed by atoms with Crippen molar-refractivity contribution >= 4 is 29.0 Å². The molecule has 2 heterocycles. The van der Waals surface area contributed by atoms with Gasteiger partial charge in [0.2, 0.25) is 11.8 Å². The standard InChI is InChI=1S/C21H20N4O4S/c1-13-8-14(2)10-16(9-13)20-22-23-21(29-20)30-12-19(26)24-7-3-4-15-11-17(25(27)28)5-6-18(15)24/h5-6,8-11H,3-4,7,12H2,1-2H3. The Bertz CT molecular complexity index is 1110. The highest BCUT2D eigenvalue weighted by atomic mass is 32.2. The number of hydrogen-bond acceptors (Lipinski definition) is 7. The molecule has 30 heavy (non-hydrogen) atoms. The number of rotatable bonds is 5. The topological polar surface area (TPSA) is 102 Å². The van der Waals surface area contributed by atoms with Gasteiger partial charge in [-0.2, -0.15) is 0 Å². The quantitative estimate of drug-likeness (QED) is 0.341. The highest BCUT2D eigenvalue weighted by molar-refractivity contribution is 7.99. The first kappa shape index (κ1) is 20.1. The molecule has 0 aliphatic carbocycles. The molecule has 4 rings (SSSR count). The van der Waals surface area contributed by atoms with Gasteiger partial charge in [-0.3, -0.25) is 14.9 Å². The third-order valence-electron chi connectivity index (χ3n) is 4.89. The third-order valence-corrected chi connectivity index (χ3v) is 5.69. The average Bonchev–Trinajstić information content (AvgIpc) is 3.19. The molecule has 9 heteroatoms. The van der Waals surface area contributed by atoms with Gasteiger partial charge in [-0.05, 0) is 50.5 Å². The monoisotopic (exact) mass is 424 g/mol. The largest absolute Gasteiger partial charge is 0.411 e. The van der Waals surface area contributed by atoms with Gasteiger partial charge >= 0.3 is 0 Å². The Labute approximate surface area is 177 Å². The summed E-state index contributed by atoms with van der Waals surface area (Å²) in [5.74, 6) is 0.471. The molecular weight excluding hydrogens is 404 g/mol. The van der Waals surface area contributed by atoms with Crippen molar-refractivity contribution < 1.29 is 14.1 Å². The van der Waals surface area contributed by atoms with Crippen molar-refractivity contribution in [1.82, 2.24) is 10.2 Å². The minimum Gasteiger partial charge on any atom is -0.411 e. The lowest BCUT2D eigenvalue weighted by Crippen LogP contribution is -2.36. The number of amides is 1. The first-order valence-corrected chi connectivity index (χ1v) is 10.5. The third kappa shape index (κ3) is 4.20. The highest BCUT2D eigenvalue weighted by Gasteiger charge is 2.25. The van der Waals surface area contributed by atoms with Crippen molar-refractivity contribution in [3.8, 4) is 11.5 Å². The second kappa shape index (κ2) is 8.27. The number of aryl methyl sites for hydroxylation is 3. The van der Waals surface area contributed by atoms with Crippen LogP contribution in [0.15, 0.2) is 46.0 Å². The van der Waals surface area contributed by atoms with Gasteiger partial charge in [0, 0.05) is 29.9 Å². The average molecular weight is 424 g/mol. The van der Waals surface area contributed by atoms with Crippen LogP contribution in [-0.2, 0) is 11.2 Å². The van der Waals surface area contributed by atoms with E-state index in [0.29, 0.717) is 17.7 Å². The molecular formula is C21H20N4O4S. The Kier molecular flexibility index (Phi) is 5.54. The van der Waals surface area contributed by atoms with E-state index in [9.17, 15) is 14.9 Å². The molecule has 0 fully saturated rings. The number of carbonyl (C=O) groups is 1. The van der Waals surface area contributed by atoms with Gasteiger partial charge in [-0.1, -0.05) is 29.0 Å². The summed E-state index contributed by atoms with van der Waals surface area (Å²) in [5.41, 5.74) is 4.67. The molecule has 0 atom stereocenters. The van der Waals surface area contributed by atoms with Crippen molar-refractivity contribution in [1.29, 1.82) is 0 Å². The van der Waals surface area contributed by atoms with Crippen LogP contribution in [0.2, 0.25) is 0 Å².